The van der Waals surface area contributed by atoms with E-state index in [-0.39, 0.29) is 5.91 Å². The van der Waals surface area contributed by atoms with Crippen LogP contribution in [0.2, 0.25) is 0 Å². The summed E-state index contributed by atoms with van der Waals surface area (Å²) in [6.07, 6.45) is 3.01. The second-order valence-corrected chi connectivity index (χ2v) is 7.20. The number of amides is 1. The van der Waals surface area contributed by atoms with E-state index in [1.807, 2.05) is 48.1 Å². The maximum atomic E-state index is 12.0. The molecule has 0 fully saturated rings. The van der Waals surface area contributed by atoms with Crippen LogP contribution >= 0.6 is 0 Å². The largest absolute Gasteiger partial charge is 0.269 e. The molecule has 0 bridgehead atoms. The lowest BCUT2D eigenvalue weighted by Gasteiger charge is -2.03. The summed E-state index contributed by atoms with van der Waals surface area (Å²) in [4.78, 5) is 11.4. The van der Waals surface area contributed by atoms with Crippen molar-refractivity contribution < 1.29 is 9.00 Å². The highest BCUT2D eigenvalue weighted by Crippen LogP contribution is 2.30. The molecule has 1 aliphatic rings. The third-order valence-electron chi connectivity index (χ3n) is 4.45. The van der Waals surface area contributed by atoms with E-state index in [4.69, 9.17) is 0 Å². The molecule has 0 spiro atoms. The molecule has 3 heterocycles. The Bertz CT molecular complexity index is 1270. The van der Waals surface area contributed by atoms with Crippen LogP contribution < -0.4 is 4.72 Å². The van der Waals surface area contributed by atoms with Gasteiger partial charge < -0.3 is 0 Å². The maximum absolute atomic E-state index is 12.0. The Morgan fingerprint density at radius 2 is 1.96 bits per heavy atom. The number of hydrogen-bond donors (Lipinski definition) is 1. The Morgan fingerprint density at radius 3 is 2.77 bits per heavy atom. The highest BCUT2D eigenvalue weighted by Gasteiger charge is 2.23. The summed E-state index contributed by atoms with van der Waals surface area (Å²) in [5.41, 5.74) is 3.72. The lowest BCUT2D eigenvalue weighted by Crippen LogP contribution is -2.17. The SMILES string of the molecule is Cn1nc(-c2ccc3c(cnn3C3=CC(=O)NS3=O)c2)c2ccccc21. The van der Waals surface area contributed by atoms with Crippen LogP contribution in [0.4, 0.5) is 0 Å². The first-order chi connectivity index (χ1) is 12.6. The standard InChI is InChI=1S/C18H13N5O2S/c1-22-15-5-3-2-4-13(15)18(20-22)11-6-7-14-12(8-11)10-19-23(14)17-9-16(24)21-26(17)25/h2-10H,1H3,(H,21,24). The molecule has 0 saturated carbocycles. The van der Waals surface area contributed by atoms with Crippen LogP contribution in [-0.2, 0) is 22.8 Å². The van der Waals surface area contributed by atoms with Crippen LogP contribution in [0.15, 0.2) is 54.7 Å². The summed E-state index contributed by atoms with van der Waals surface area (Å²) < 4.78 is 17.7. The number of aryl methyl sites for hydroxylation is 1. The zero-order chi connectivity index (χ0) is 17.8. The minimum Gasteiger partial charge on any atom is -0.269 e. The molecule has 4 aromatic rings. The summed E-state index contributed by atoms with van der Waals surface area (Å²) in [6.45, 7) is 0. The van der Waals surface area contributed by atoms with Gasteiger partial charge >= 0.3 is 0 Å². The van der Waals surface area contributed by atoms with E-state index < -0.39 is 11.0 Å². The molecule has 0 aliphatic carbocycles. The number of rotatable bonds is 2. The number of benzene rings is 2. The van der Waals surface area contributed by atoms with Gasteiger partial charge in [0.05, 0.1) is 17.2 Å². The Balaban J connectivity index is 1.67. The third-order valence-corrected chi connectivity index (χ3v) is 5.50. The van der Waals surface area contributed by atoms with Gasteiger partial charge in [0.1, 0.15) is 5.69 Å². The van der Waals surface area contributed by atoms with Crippen LogP contribution in [0.3, 0.4) is 0 Å². The highest BCUT2D eigenvalue weighted by molar-refractivity contribution is 7.93. The zero-order valence-electron chi connectivity index (χ0n) is 13.7. The summed E-state index contributed by atoms with van der Waals surface area (Å²) in [7, 11) is 0.339. The third kappa shape index (κ3) is 2.12. The van der Waals surface area contributed by atoms with Gasteiger partial charge in [-0.05, 0) is 18.2 Å². The topological polar surface area (TPSA) is 81.8 Å². The number of nitrogens with zero attached hydrogens (tertiary/aromatic N) is 4. The number of carbonyl (C=O) groups is 1. The van der Waals surface area contributed by atoms with Crippen molar-refractivity contribution in [3.63, 3.8) is 0 Å². The monoisotopic (exact) mass is 363 g/mol. The molecule has 1 N–H and O–H groups in total. The molecule has 5 rings (SSSR count). The molecular formula is C18H13N5O2S. The van der Waals surface area contributed by atoms with E-state index in [1.165, 1.54) is 10.8 Å². The van der Waals surface area contributed by atoms with E-state index in [2.05, 4.69) is 21.0 Å². The Hall–Kier alpha value is -3.26. The minimum atomic E-state index is -1.59. The van der Waals surface area contributed by atoms with E-state index in [0.717, 1.165) is 33.1 Å². The molecule has 1 atom stereocenters. The minimum absolute atomic E-state index is 0.334. The molecule has 1 amide bonds. The molecule has 1 unspecified atom stereocenters. The number of para-hydroxylation sites is 1. The van der Waals surface area contributed by atoms with Crippen molar-refractivity contribution in [3.05, 3.63) is 54.7 Å². The zero-order valence-corrected chi connectivity index (χ0v) is 14.5. The first kappa shape index (κ1) is 15.0. The van der Waals surface area contributed by atoms with E-state index in [0.29, 0.717) is 5.03 Å². The molecule has 1 aliphatic heterocycles. The Labute approximate surface area is 150 Å². The number of fused-ring (bicyclic) bond motifs is 2. The van der Waals surface area contributed by atoms with Crippen molar-refractivity contribution in [2.24, 2.45) is 7.05 Å². The predicted molar refractivity (Wildman–Crippen MR) is 100.0 cm³/mol. The second kappa shape index (κ2) is 5.37. The molecular weight excluding hydrogens is 350 g/mol. The van der Waals surface area contributed by atoms with Gasteiger partial charge in [0.2, 0.25) is 0 Å². The van der Waals surface area contributed by atoms with Gasteiger partial charge in [-0.25, -0.2) is 8.89 Å². The van der Waals surface area contributed by atoms with Gasteiger partial charge in [0, 0.05) is 29.5 Å². The summed E-state index contributed by atoms with van der Waals surface area (Å²) in [5, 5.41) is 11.2. The van der Waals surface area contributed by atoms with Gasteiger partial charge in [0.15, 0.2) is 16.0 Å². The summed E-state index contributed by atoms with van der Waals surface area (Å²) >= 11 is 0. The Morgan fingerprint density at radius 1 is 1.12 bits per heavy atom. The maximum Gasteiger partial charge on any atom is 0.258 e. The number of carbonyl (C=O) groups excluding carboxylic acids is 1. The molecule has 2 aromatic carbocycles. The smallest absolute Gasteiger partial charge is 0.258 e. The average molecular weight is 363 g/mol. The fraction of sp³-hybridized carbons (Fsp3) is 0.0556. The molecule has 7 nitrogen and oxygen atoms in total. The molecule has 2 aromatic heterocycles. The van der Waals surface area contributed by atoms with Crippen molar-refractivity contribution in [1.29, 1.82) is 0 Å². The van der Waals surface area contributed by atoms with Crippen LogP contribution in [0.1, 0.15) is 0 Å². The lowest BCUT2D eigenvalue weighted by molar-refractivity contribution is -0.114. The lowest BCUT2D eigenvalue weighted by atomic mass is 10.1. The van der Waals surface area contributed by atoms with Crippen molar-refractivity contribution in [2.45, 2.75) is 0 Å². The van der Waals surface area contributed by atoms with Gasteiger partial charge in [-0.15, -0.1) is 0 Å². The van der Waals surface area contributed by atoms with E-state index in [1.54, 1.807) is 6.20 Å². The number of aromatic nitrogens is 4. The molecule has 26 heavy (non-hydrogen) atoms. The predicted octanol–water partition coefficient (Wildman–Crippen LogP) is 2.18. The van der Waals surface area contributed by atoms with Crippen molar-refractivity contribution in [2.75, 3.05) is 0 Å². The fourth-order valence-corrected chi connectivity index (χ4v) is 4.12. The van der Waals surface area contributed by atoms with Gasteiger partial charge in [-0.3, -0.25) is 14.2 Å². The second-order valence-electron chi connectivity index (χ2n) is 6.04. The quantitative estimate of drug-likeness (QED) is 0.592. The van der Waals surface area contributed by atoms with E-state index in [9.17, 15) is 9.00 Å². The average Bonchev–Trinajstić information content (AvgIpc) is 3.30. The van der Waals surface area contributed by atoms with Crippen molar-refractivity contribution >= 4 is 43.7 Å². The summed E-state index contributed by atoms with van der Waals surface area (Å²) in [5.74, 6) is -0.376. The normalized spacial score (nSPS) is 17.0. The Kier molecular flexibility index (Phi) is 3.10. The molecule has 128 valence electrons. The first-order valence-corrected chi connectivity index (χ1v) is 9.11. The molecule has 0 radical (unpaired) electrons. The van der Waals surface area contributed by atoms with Crippen LogP contribution in [0.5, 0.6) is 0 Å². The number of hydrogen-bond acceptors (Lipinski definition) is 4. The number of nitrogens with one attached hydrogen (secondary N) is 1. The van der Waals surface area contributed by atoms with Gasteiger partial charge in [0.25, 0.3) is 5.91 Å². The van der Waals surface area contributed by atoms with Crippen molar-refractivity contribution in [3.8, 4) is 11.3 Å². The van der Waals surface area contributed by atoms with Crippen LogP contribution in [0.25, 0.3) is 38.1 Å². The van der Waals surface area contributed by atoms with E-state index >= 15 is 0 Å². The fourth-order valence-electron chi connectivity index (χ4n) is 3.26. The van der Waals surface area contributed by atoms with Crippen LogP contribution in [-0.4, -0.2) is 29.7 Å². The summed E-state index contributed by atoms with van der Waals surface area (Å²) in [6, 6.07) is 13.9. The molecule has 0 saturated heterocycles. The first-order valence-electron chi connectivity index (χ1n) is 7.96. The molecule has 8 heteroatoms. The highest BCUT2D eigenvalue weighted by atomic mass is 32.2. The van der Waals surface area contributed by atoms with Crippen molar-refractivity contribution in [1.82, 2.24) is 24.3 Å². The van der Waals surface area contributed by atoms with Crippen LogP contribution in [0, 0.1) is 0 Å². The van der Waals surface area contributed by atoms with Gasteiger partial charge in [-0.2, -0.15) is 10.2 Å². The van der Waals surface area contributed by atoms with Gasteiger partial charge in [-0.1, -0.05) is 24.3 Å².